The van der Waals surface area contributed by atoms with Crippen LogP contribution in [0.2, 0.25) is 0 Å². The molecule has 3 aromatic rings. The molecule has 134 valence electrons. The highest BCUT2D eigenvalue weighted by Gasteiger charge is 2.30. The quantitative estimate of drug-likeness (QED) is 0.690. The normalized spacial score (nSPS) is 17.5. The van der Waals surface area contributed by atoms with Crippen LogP contribution in [0.3, 0.4) is 0 Å². The standard InChI is InChI=1S/C19H18FN3O2S/c1-12-8-10-26-16(12)19(24)23-9-2-3-14(11-23)18-21-17(22-25-18)13-4-6-15(20)7-5-13/h4-8,10,14H,2-3,9,11H2,1H3/t14-/m0/s1. The maximum absolute atomic E-state index is 13.1. The molecule has 0 unspecified atom stereocenters. The molecule has 0 bridgehead atoms. The van der Waals surface area contributed by atoms with E-state index in [2.05, 4.69) is 10.1 Å². The van der Waals surface area contributed by atoms with Crippen molar-refractivity contribution < 1.29 is 13.7 Å². The van der Waals surface area contributed by atoms with Crippen molar-refractivity contribution in [1.29, 1.82) is 0 Å². The van der Waals surface area contributed by atoms with Gasteiger partial charge in [0, 0.05) is 18.7 Å². The molecule has 7 heteroatoms. The van der Waals surface area contributed by atoms with Crippen LogP contribution in [0.15, 0.2) is 40.2 Å². The highest BCUT2D eigenvalue weighted by atomic mass is 32.1. The lowest BCUT2D eigenvalue weighted by Gasteiger charge is -2.30. The third-order valence-electron chi connectivity index (χ3n) is 4.66. The van der Waals surface area contributed by atoms with Crippen molar-refractivity contribution in [3.8, 4) is 11.4 Å². The summed E-state index contributed by atoms with van der Waals surface area (Å²) in [6, 6.07) is 7.96. The van der Waals surface area contributed by atoms with Crippen molar-refractivity contribution >= 4 is 17.2 Å². The van der Waals surface area contributed by atoms with Gasteiger partial charge in [0.2, 0.25) is 11.7 Å². The van der Waals surface area contributed by atoms with Gasteiger partial charge in [-0.3, -0.25) is 4.79 Å². The van der Waals surface area contributed by atoms with Gasteiger partial charge in [-0.2, -0.15) is 4.98 Å². The summed E-state index contributed by atoms with van der Waals surface area (Å²) in [7, 11) is 0. The van der Waals surface area contributed by atoms with Gasteiger partial charge >= 0.3 is 0 Å². The van der Waals surface area contributed by atoms with E-state index in [1.807, 2.05) is 23.3 Å². The van der Waals surface area contributed by atoms with Gasteiger partial charge in [-0.05, 0) is 61.0 Å². The molecule has 0 saturated carbocycles. The maximum Gasteiger partial charge on any atom is 0.264 e. The van der Waals surface area contributed by atoms with Crippen LogP contribution < -0.4 is 0 Å². The van der Waals surface area contributed by atoms with E-state index >= 15 is 0 Å². The first-order valence-electron chi connectivity index (χ1n) is 8.55. The number of thiophene rings is 1. The average Bonchev–Trinajstić information content (AvgIpc) is 3.31. The van der Waals surface area contributed by atoms with Crippen molar-refractivity contribution in [3.63, 3.8) is 0 Å². The first-order chi connectivity index (χ1) is 12.6. The molecule has 1 atom stereocenters. The highest BCUT2D eigenvalue weighted by molar-refractivity contribution is 7.12. The van der Waals surface area contributed by atoms with Crippen LogP contribution in [0.5, 0.6) is 0 Å². The second-order valence-corrected chi connectivity index (χ2v) is 7.40. The number of amides is 1. The summed E-state index contributed by atoms with van der Waals surface area (Å²) >= 11 is 1.48. The van der Waals surface area contributed by atoms with E-state index in [1.165, 1.54) is 23.5 Å². The Bertz CT molecular complexity index is 919. The highest BCUT2D eigenvalue weighted by Crippen LogP contribution is 2.29. The fraction of sp³-hybridized carbons (Fsp3) is 0.316. The topological polar surface area (TPSA) is 59.2 Å². The van der Waals surface area contributed by atoms with Gasteiger partial charge in [0.15, 0.2) is 0 Å². The Morgan fingerprint density at radius 1 is 1.31 bits per heavy atom. The number of carbonyl (C=O) groups excluding carboxylic acids is 1. The lowest BCUT2D eigenvalue weighted by molar-refractivity contribution is 0.0700. The molecule has 26 heavy (non-hydrogen) atoms. The number of aromatic nitrogens is 2. The zero-order valence-electron chi connectivity index (χ0n) is 14.3. The molecule has 0 spiro atoms. The molecule has 3 heterocycles. The molecule has 2 aromatic heterocycles. The molecule has 1 amide bonds. The predicted octanol–water partition coefficient (Wildman–Crippen LogP) is 4.27. The molecule has 1 aromatic carbocycles. The molecule has 5 nitrogen and oxygen atoms in total. The molecule has 4 rings (SSSR count). The predicted molar refractivity (Wildman–Crippen MR) is 96.6 cm³/mol. The van der Waals surface area contributed by atoms with Crippen molar-refractivity contribution in [1.82, 2.24) is 15.0 Å². The van der Waals surface area contributed by atoms with E-state index in [9.17, 15) is 9.18 Å². The van der Waals surface area contributed by atoms with E-state index in [-0.39, 0.29) is 17.6 Å². The first-order valence-corrected chi connectivity index (χ1v) is 9.42. The second kappa shape index (κ2) is 6.99. The average molecular weight is 371 g/mol. The molecule has 1 fully saturated rings. The molecule has 0 N–H and O–H groups in total. The van der Waals surface area contributed by atoms with Crippen LogP contribution >= 0.6 is 11.3 Å². The van der Waals surface area contributed by atoms with Gasteiger partial charge in [-0.1, -0.05) is 5.16 Å². The number of piperidine rings is 1. The van der Waals surface area contributed by atoms with Gasteiger partial charge < -0.3 is 9.42 Å². The van der Waals surface area contributed by atoms with Crippen LogP contribution in [-0.2, 0) is 0 Å². The summed E-state index contributed by atoms with van der Waals surface area (Å²) in [5, 5.41) is 5.96. The van der Waals surface area contributed by atoms with E-state index in [0.29, 0.717) is 23.8 Å². The number of aryl methyl sites for hydroxylation is 1. The van der Waals surface area contributed by atoms with Crippen molar-refractivity contribution in [2.75, 3.05) is 13.1 Å². The SMILES string of the molecule is Cc1ccsc1C(=O)N1CCC[C@H](c2nc(-c3ccc(F)cc3)no2)C1. The van der Waals surface area contributed by atoms with Crippen LogP contribution in [0, 0.1) is 12.7 Å². The lowest BCUT2D eigenvalue weighted by atomic mass is 9.97. The van der Waals surface area contributed by atoms with Gasteiger partial charge in [0.1, 0.15) is 5.82 Å². The zero-order valence-corrected chi connectivity index (χ0v) is 15.1. The van der Waals surface area contributed by atoms with E-state index in [0.717, 1.165) is 29.8 Å². The van der Waals surface area contributed by atoms with Crippen LogP contribution in [0.4, 0.5) is 4.39 Å². The maximum atomic E-state index is 13.1. The van der Waals surface area contributed by atoms with Crippen molar-refractivity contribution in [3.05, 3.63) is 57.9 Å². The molecule has 1 aliphatic heterocycles. The van der Waals surface area contributed by atoms with Crippen molar-refractivity contribution in [2.24, 2.45) is 0 Å². The fourth-order valence-electron chi connectivity index (χ4n) is 3.22. The van der Waals surface area contributed by atoms with E-state index < -0.39 is 0 Å². The lowest BCUT2D eigenvalue weighted by Crippen LogP contribution is -2.39. The number of hydrogen-bond acceptors (Lipinski definition) is 5. The monoisotopic (exact) mass is 371 g/mol. The number of carbonyl (C=O) groups is 1. The van der Waals surface area contributed by atoms with Crippen molar-refractivity contribution in [2.45, 2.75) is 25.7 Å². The molecule has 1 saturated heterocycles. The summed E-state index contributed by atoms with van der Waals surface area (Å²) in [5.41, 5.74) is 1.72. The summed E-state index contributed by atoms with van der Waals surface area (Å²) < 4.78 is 18.5. The Kier molecular flexibility index (Phi) is 4.55. The number of nitrogens with zero attached hydrogens (tertiary/aromatic N) is 3. The third-order valence-corrected chi connectivity index (χ3v) is 5.66. The van der Waals surface area contributed by atoms with Crippen LogP contribution in [-0.4, -0.2) is 34.0 Å². The number of hydrogen-bond donors (Lipinski definition) is 0. The number of halogens is 1. The summed E-state index contributed by atoms with van der Waals surface area (Å²) in [4.78, 5) is 19.9. The largest absolute Gasteiger partial charge is 0.339 e. The zero-order chi connectivity index (χ0) is 18.1. The Labute approximate surface area is 154 Å². The minimum absolute atomic E-state index is 0.0228. The minimum atomic E-state index is -0.303. The second-order valence-electron chi connectivity index (χ2n) is 6.49. The smallest absolute Gasteiger partial charge is 0.264 e. The van der Waals surface area contributed by atoms with Crippen LogP contribution in [0.1, 0.15) is 39.9 Å². The molecular weight excluding hydrogens is 353 g/mol. The third kappa shape index (κ3) is 3.26. The first kappa shape index (κ1) is 16.9. The van der Waals surface area contributed by atoms with E-state index in [1.54, 1.807) is 12.1 Å². The summed E-state index contributed by atoms with van der Waals surface area (Å²) in [6.45, 7) is 3.27. The van der Waals surface area contributed by atoms with Gasteiger partial charge in [-0.15, -0.1) is 11.3 Å². The summed E-state index contributed by atoms with van der Waals surface area (Å²) in [5.74, 6) is 0.764. The Morgan fingerprint density at radius 3 is 2.85 bits per heavy atom. The molecular formula is C19H18FN3O2S. The minimum Gasteiger partial charge on any atom is -0.339 e. The van der Waals surface area contributed by atoms with E-state index in [4.69, 9.17) is 4.52 Å². The fourth-order valence-corrected chi connectivity index (χ4v) is 4.11. The van der Waals surface area contributed by atoms with Gasteiger partial charge in [-0.25, -0.2) is 4.39 Å². The summed E-state index contributed by atoms with van der Waals surface area (Å²) in [6.07, 6.45) is 1.80. The van der Waals surface area contributed by atoms with Crippen LogP contribution in [0.25, 0.3) is 11.4 Å². The molecule has 0 radical (unpaired) electrons. The van der Waals surface area contributed by atoms with Gasteiger partial charge in [0.25, 0.3) is 5.91 Å². The Morgan fingerprint density at radius 2 is 2.12 bits per heavy atom. The Hall–Kier alpha value is -2.54. The number of likely N-dealkylation sites (tertiary alicyclic amines) is 1. The Balaban J connectivity index is 1.51. The van der Waals surface area contributed by atoms with Gasteiger partial charge in [0.05, 0.1) is 10.8 Å². The molecule has 1 aliphatic rings. The molecule has 0 aliphatic carbocycles. The number of benzene rings is 1. The number of rotatable bonds is 3.